The van der Waals surface area contributed by atoms with Crippen LogP contribution in [0, 0.1) is 13.8 Å². The van der Waals surface area contributed by atoms with Crippen molar-refractivity contribution in [3.05, 3.63) is 44.9 Å². The molecular weight excluding hydrogens is 302 g/mol. The first-order chi connectivity index (χ1) is 10.1. The van der Waals surface area contributed by atoms with Crippen LogP contribution in [0.2, 0.25) is 0 Å². The first kappa shape index (κ1) is 14.2. The third-order valence-electron chi connectivity index (χ3n) is 3.07. The van der Waals surface area contributed by atoms with Crippen molar-refractivity contribution in [2.45, 2.75) is 20.3 Å². The van der Waals surface area contributed by atoms with Gasteiger partial charge in [0.2, 0.25) is 0 Å². The van der Waals surface area contributed by atoms with Crippen LogP contribution in [0.1, 0.15) is 25.4 Å². The molecule has 3 rings (SSSR count). The van der Waals surface area contributed by atoms with Gasteiger partial charge in [0.05, 0.1) is 25.9 Å². The average molecular weight is 317 g/mol. The number of carbonyl (C=O) groups is 1. The number of hydrogen-bond acceptors (Lipinski definition) is 5. The SMILES string of the molecule is Cc1nc(C)c(C(=O)NCCc2nc3ccccc3s2)s1. The van der Waals surface area contributed by atoms with E-state index in [1.165, 1.54) is 16.0 Å². The van der Waals surface area contributed by atoms with Crippen LogP contribution in [0.3, 0.4) is 0 Å². The number of para-hydroxylation sites is 1. The highest BCUT2D eigenvalue weighted by Gasteiger charge is 2.13. The van der Waals surface area contributed by atoms with E-state index >= 15 is 0 Å². The van der Waals surface area contributed by atoms with Gasteiger partial charge in [-0.15, -0.1) is 22.7 Å². The van der Waals surface area contributed by atoms with Crippen LogP contribution >= 0.6 is 22.7 Å². The second-order valence-corrected chi connectivity index (χ2v) is 7.05. The molecule has 1 aromatic carbocycles. The van der Waals surface area contributed by atoms with Crippen molar-refractivity contribution < 1.29 is 4.79 Å². The molecule has 0 radical (unpaired) electrons. The molecule has 0 fully saturated rings. The molecule has 0 bridgehead atoms. The molecule has 1 amide bonds. The molecule has 0 atom stereocenters. The van der Waals surface area contributed by atoms with Crippen molar-refractivity contribution >= 4 is 38.8 Å². The number of amides is 1. The van der Waals surface area contributed by atoms with Gasteiger partial charge in [0.25, 0.3) is 5.91 Å². The summed E-state index contributed by atoms with van der Waals surface area (Å²) in [6.45, 7) is 4.37. The average Bonchev–Trinajstić information content (AvgIpc) is 3.01. The summed E-state index contributed by atoms with van der Waals surface area (Å²) in [5.74, 6) is -0.0424. The Morgan fingerprint density at radius 3 is 2.71 bits per heavy atom. The number of thiazole rings is 2. The summed E-state index contributed by atoms with van der Waals surface area (Å²) in [4.78, 5) is 21.6. The number of fused-ring (bicyclic) bond motifs is 1. The summed E-state index contributed by atoms with van der Waals surface area (Å²) in [6, 6.07) is 8.08. The van der Waals surface area contributed by atoms with E-state index in [-0.39, 0.29) is 5.91 Å². The molecule has 1 N–H and O–H groups in total. The molecule has 0 unspecified atom stereocenters. The highest BCUT2D eigenvalue weighted by atomic mass is 32.1. The van der Waals surface area contributed by atoms with E-state index in [0.717, 1.165) is 27.6 Å². The predicted octanol–water partition coefficient (Wildman–Crippen LogP) is 3.34. The molecule has 0 saturated carbocycles. The van der Waals surface area contributed by atoms with Crippen LogP contribution in [-0.4, -0.2) is 22.4 Å². The summed E-state index contributed by atoms with van der Waals surface area (Å²) in [7, 11) is 0. The first-order valence-corrected chi connectivity index (χ1v) is 8.33. The molecule has 3 aromatic rings. The van der Waals surface area contributed by atoms with E-state index in [4.69, 9.17) is 0 Å². The molecule has 0 spiro atoms. The minimum atomic E-state index is -0.0424. The summed E-state index contributed by atoms with van der Waals surface area (Å²) >= 11 is 3.12. The molecule has 0 aliphatic heterocycles. The van der Waals surface area contributed by atoms with Gasteiger partial charge in [-0.05, 0) is 26.0 Å². The zero-order chi connectivity index (χ0) is 14.8. The highest BCUT2D eigenvalue weighted by molar-refractivity contribution is 7.18. The van der Waals surface area contributed by atoms with Gasteiger partial charge in [-0.2, -0.15) is 0 Å². The summed E-state index contributed by atoms with van der Waals surface area (Å²) < 4.78 is 1.19. The van der Waals surface area contributed by atoms with Gasteiger partial charge in [0.1, 0.15) is 4.88 Å². The number of aromatic nitrogens is 2. The van der Waals surface area contributed by atoms with Crippen molar-refractivity contribution in [2.75, 3.05) is 6.54 Å². The fourth-order valence-corrected chi connectivity index (χ4v) is 3.94. The second-order valence-electron chi connectivity index (χ2n) is 4.73. The fourth-order valence-electron chi connectivity index (χ4n) is 2.13. The van der Waals surface area contributed by atoms with Crippen LogP contribution < -0.4 is 5.32 Å². The van der Waals surface area contributed by atoms with Gasteiger partial charge in [-0.1, -0.05) is 12.1 Å². The van der Waals surface area contributed by atoms with Crippen LogP contribution in [0.4, 0.5) is 0 Å². The largest absolute Gasteiger partial charge is 0.351 e. The van der Waals surface area contributed by atoms with Gasteiger partial charge in [0, 0.05) is 13.0 Å². The summed E-state index contributed by atoms with van der Waals surface area (Å²) in [5, 5.41) is 4.91. The molecule has 0 saturated heterocycles. The van der Waals surface area contributed by atoms with Crippen LogP contribution in [-0.2, 0) is 6.42 Å². The number of aryl methyl sites for hydroxylation is 2. The van der Waals surface area contributed by atoms with Crippen molar-refractivity contribution in [1.29, 1.82) is 0 Å². The molecular formula is C15H15N3OS2. The van der Waals surface area contributed by atoms with E-state index < -0.39 is 0 Å². The van der Waals surface area contributed by atoms with Crippen molar-refractivity contribution in [3.63, 3.8) is 0 Å². The van der Waals surface area contributed by atoms with E-state index in [9.17, 15) is 4.79 Å². The van der Waals surface area contributed by atoms with Gasteiger partial charge in [0.15, 0.2) is 0 Å². The Labute approximate surface area is 130 Å². The lowest BCUT2D eigenvalue weighted by Gasteiger charge is -2.02. The Morgan fingerprint density at radius 1 is 1.19 bits per heavy atom. The fraction of sp³-hybridized carbons (Fsp3) is 0.267. The van der Waals surface area contributed by atoms with E-state index in [1.54, 1.807) is 11.3 Å². The third kappa shape index (κ3) is 3.11. The number of hydrogen-bond donors (Lipinski definition) is 1. The molecule has 21 heavy (non-hydrogen) atoms. The number of rotatable bonds is 4. The minimum absolute atomic E-state index is 0.0424. The number of benzene rings is 1. The molecule has 0 aliphatic carbocycles. The topological polar surface area (TPSA) is 54.9 Å². The first-order valence-electron chi connectivity index (χ1n) is 6.70. The normalized spacial score (nSPS) is 11.0. The van der Waals surface area contributed by atoms with Crippen LogP contribution in [0.25, 0.3) is 10.2 Å². The highest BCUT2D eigenvalue weighted by Crippen LogP contribution is 2.21. The maximum Gasteiger partial charge on any atom is 0.263 e. The molecule has 2 heterocycles. The Kier molecular flexibility index (Phi) is 3.98. The molecule has 2 aromatic heterocycles. The quantitative estimate of drug-likeness (QED) is 0.803. The lowest BCUT2D eigenvalue weighted by atomic mass is 10.3. The predicted molar refractivity (Wildman–Crippen MR) is 87.2 cm³/mol. The summed E-state index contributed by atoms with van der Waals surface area (Å²) in [6.07, 6.45) is 0.752. The zero-order valence-electron chi connectivity index (χ0n) is 11.8. The third-order valence-corrected chi connectivity index (χ3v) is 5.24. The van der Waals surface area contributed by atoms with Crippen molar-refractivity contribution in [1.82, 2.24) is 15.3 Å². The Balaban J connectivity index is 1.60. The number of carbonyl (C=O) groups excluding carboxylic acids is 1. The second kappa shape index (κ2) is 5.91. The molecule has 0 aliphatic rings. The van der Waals surface area contributed by atoms with Gasteiger partial charge < -0.3 is 5.32 Å². The zero-order valence-corrected chi connectivity index (χ0v) is 13.5. The van der Waals surface area contributed by atoms with E-state index in [2.05, 4.69) is 21.4 Å². The maximum atomic E-state index is 12.1. The molecule has 6 heteroatoms. The van der Waals surface area contributed by atoms with Gasteiger partial charge in [-0.25, -0.2) is 9.97 Å². The molecule has 108 valence electrons. The van der Waals surface area contributed by atoms with E-state index in [0.29, 0.717) is 11.4 Å². The van der Waals surface area contributed by atoms with E-state index in [1.807, 2.05) is 32.0 Å². The summed E-state index contributed by atoms with van der Waals surface area (Å²) in [5.41, 5.74) is 1.83. The smallest absolute Gasteiger partial charge is 0.263 e. The minimum Gasteiger partial charge on any atom is -0.351 e. The Hall–Kier alpha value is -1.79. The lowest BCUT2D eigenvalue weighted by molar-refractivity contribution is 0.0957. The molecule has 4 nitrogen and oxygen atoms in total. The number of nitrogens with one attached hydrogen (secondary N) is 1. The monoisotopic (exact) mass is 317 g/mol. The Bertz CT molecular complexity index is 758. The van der Waals surface area contributed by atoms with Gasteiger partial charge in [-0.3, -0.25) is 4.79 Å². The van der Waals surface area contributed by atoms with Crippen LogP contribution in [0.15, 0.2) is 24.3 Å². The van der Waals surface area contributed by atoms with Crippen molar-refractivity contribution in [3.8, 4) is 0 Å². The maximum absolute atomic E-state index is 12.1. The lowest BCUT2D eigenvalue weighted by Crippen LogP contribution is -2.25. The standard InChI is InChI=1S/C15H15N3OS2/c1-9-14(20-10(2)17-9)15(19)16-8-7-13-18-11-5-3-4-6-12(11)21-13/h3-6H,7-8H2,1-2H3,(H,16,19). The van der Waals surface area contributed by atoms with Gasteiger partial charge >= 0.3 is 0 Å². The Morgan fingerprint density at radius 2 is 2.00 bits per heavy atom. The number of nitrogens with zero attached hydrogens (tertiary/aromatic N) is 2. The van der Waals surface area contributed by atoms with Crippen molar-refractivity contribution in [2.24, 2.45) is 0 Å². The van der Waals surface area contributed by atoms with Crippen LogP contribution in [0.5, 0.6) is 0 Å².